The normalized spacial score (nSPS) is 12.7. The predicted molar refractivity (Wildman–Crippen MR) is 92.7 cm³/mol. The van der Waals surface area contributed by atoms with Gasteiger partial charge in [-0.25, -0.2) is 0 Å². The molecule has 1 aliphatic heterocycles. The molecule has 1 aromatic heterocycles. The Morgan fingerprint density at radius 3 is 2.76 bits per heavy atom. The van der Waals surface area contributed by atoms with E-state index >= 15 is 0 Å². The fraction of sp³-hybridized carbons (Fsp3) is 0.412. The highest BCUT2D eigenvalue weighted by Crippen LogP contribution is 2.33. The molecule has 0 atom stereocenters. The van der Waals surface area contributed by atoms with E-state index in [9.17, 15) is 4.79 Å². The first-order valence-electron chi connectivity index (χ1n) is 8.05. The average Bonchev–Trinajstić information content (AvgIpc) is 3.11. The zero-order valence-corrected chi connectivity index (χ0v) is 15.3. The number of carbonyl (C=O) groups excluding carboxylic acids is 1. The fourth-order valence-corrected chi connectivity index (χ4v) is 2.94. The van der Waals surface area contributed by atoms with Crippen molar-refractivity contribution in [3.8, 4) is 11.5 Å². The molecule has 7 nitrogen and oxygen atoms in total. The van der Waals surface area contributed by atoms with Crippen LogP contribution in [0.4, 0.5) is 0 Å². The van der Waals surface area contributed by atoms with Gasteiger partial charge in [0.05, 0.1) is 25.7 Å². The number of hydrogen-bond acceptors (Lipinski definition) is 4. The lowest BCUT2D eigenvalue weighted by Gasteiger charge is -2.23. The van der Waals surface area contributed by atoms with Crippen molar-refractivity contribution in [2.75, 3.05) is 27.4 Å². The van der Waals surface area contributed by atoms with Gasteiger partial charge in [-0.15, -0.1) is 0 Å². The molecule has 25 heavy (non-hydrogen) atoms. The number of aromatic nitrogens is 2. The Hall–Kier alpha value is -2.25. The van der Waals surface area contributed by atoms with Crippen molar-refractivity contribution in [2.24, 2.45) is 7.05 Å². The summed E-state index contributed by atoms with van der Waals surface area (Å²) in [5.74, 6) is 1.48. The molecule has 2 heterocycles. The van der Waals surface area contributed by atoms with Crippen LogP contribution < -0.4 is 14.4 Å². The number of hydrogen-bond donors (Lipinski definition) is 1. The maximum absolute atomic E-state index is 12.7. The van der Waals surface area contributed by atoms with Crippen molar-refractivity contribution >= 4 is 17.5 Å². The molecule has 1 aliphatic rings. The molecule has 1 amide bonds. The van der Waals surface area contributed by atoms with Crippen LogP contribution >= 0.6 is 11.6 Å². The van der Waals surface area contributed by atoms with E-state index in [2.05, 4.69) is 5.10 Å². The molecule has 8 heteroatoms. The first-order chi connectivity index (χ1) is 11.9. The third-order valence-electron chi connectivity index (χ3n) is 3.86. The Balaban J connectivity index is 1.80. The van der Waals surface area contributed by atoms with Gasteiger partial charge in [0, 0.05) is 19.8 Å². The van der Waals surface area contributed by atoms with Crippen molar-refractivity contribution < 1.29 is 19.2 Å². The second kappa shape index (κ2) is 7.33. The summed E-state index contributed by atoms with van der Waals surface area (Å²) in [6.07, 6.45) is 1.73. The SMILES string of the molecule is Cn1cc(Cl)c(CN(Cc2ccc3c(c2)OCO3)C(=O)C[NH+](C)C)n1. The van der Waals surface area contributed by atoms with Crippen LogP contribution in [0.1, 0.15) is 11.3 Å². The van der Waals surface area contributed by atoms with Gasteiger partial charge in [-0.05, 0) is 17.7 Å². The van der Waals surface area contributed by atoms with Gasteiger partial charge in [0.15, 0.2) is 18.0 Å². The van der Waals surface area contributed by atoms with Crippen molar-refractivity contribution in [3.63, 3.8) is 0 Å². The van der Waals surface area contributed by atoms with E-state index in [0.29, 0.717) is 36.1 Å². The van der Waals surface area contributed by atoms with Crippen molar-refractivity contribution in [1.29, 1.82) is 0 Å². The molecule has 0 bridgehead atoms. The van der Waals surface area contributed by atoms with Gasteiger partial charge in [-0.2, -0.15) is 5.10 Å². The largest absolute Gasteiger partial charge is 0.454 e. The molecule has 0 radical (unpaired) electrons. The smallest absolute Gasteiger partial charge is 0.278 e. The van der Waals surface area contributed by atoms with Gasteiger partial charge < -0.3 is 19.3 Å². The van der Waals surface area contributed by atoms with Gasteiger partial charge in [-0.3, -0.25) is 9.48 Å². The summed E-state index contributed by atoms with van der Waals surface area (Å²) in [6.45, 7) is 1.44. The molecular formula is C17H22ClN4O3+. The number of aryl methyl sites for hydroxylation is 1. The number of quaternary nitrogens is 1. The zero-order valence-electron chi connectivity index (χ0n) is 14.6. The summed E-state index contributed by atoms with van der Waals surface area (Å²) in [7, 11) is 5.71. The number of amides is 1. The van der Waals surface area contributed by atoms with Crippen LogP contribution in [0, 0.1) is 0 Å². The Bertz CT molecular complexity index is 775. The number of fused-ring (bicyclic) bond motifs is 1. The lowest BCUT2D eigenvalue weighted by molar-refractivity contribution is -0.849. The first kappa shape index (κ1) is 17.6. The summed E-state index contributed by atoms with van der Waals surface area (Å²) >= 11 is 6.22. The van der Waals surface area contributed by atoms with Crippen LogP contribution in [0.2, 0.25) is 5.02 Å². The highest BCUT2D eigenvalue weighted by Gasteiger charge is 2.21. The minimum atomic E-state index is 0.0411. The number of carbonyl (C=O) groups is 1. The molecule has 134 valence electrons. The summed E-state index contributed by atoms with van der Waals surface area (Å²) in [5, 5.41) is 4.91. The number of likely N-dealkylation sites (N-methyl/N-ethyl adjacent to an activating group) is 1. The summed E-state index contributed by atoms with van der Waals surface area (Å²) < 4.78 is 12.4. The van der Waals surface area contributed by atoms with E-state index in [1.165, 1.54) is 0 Å². The molecule has 0 fully saturated rings. The lowest BCUT2D eigenvalue weighted by Crippen LogP contribution is -3.07. The highest BCUT2D eigenvalue weighted by molar-refractivity contribution is 6.31. The van der Waals surface area contributed by atoms with Crippen LogP contribution in [0.15, 0.2) is 24.4 Å². The van der Waals surface area contributed by atoms with E-state index in [1.807, 2.05) is 39.3 Å². The second-order valence-electron chi connectivity index (χ2n) is 6.42. The van der Waals surface area contributed by atoms with Crippen molar-refractivity contribution in [1.82, 2.24) is 14.7 Å². The molecule has 2 aromatic rings. The number of halogens is 1. The number of nitrogens with one attached hydrogen (secondary N) is 1. The van der Waals surface area contributed by atoms with Gasteiger partial charge in [0.2, 0.25) is 6.79 Å². The van der Waals surface area contributed by atoms with Crippen LogP contribution in [0.3, 0.4) is 0 Å². The third kappa shape index (κ3) is 4.24. The molecule has 0 unspecified atom stereocenters. The molecule has 0 saturated heterocycles. The quantitative estimate of drug-likeness (QED) is 0.808. The van der Waals surface area contributed by atoms with E-state index < -0.39 is 0 Å². The van der Waals surface area contributed by atoms with E-state index in [-0.39, 0.29) is 12.7 Å². The molecule has 0 aliphatic carbocycles. The Labute approximate surface area is 151 Å². The maximum Gasteiger partial charge on any atom is 0.278 e. The highest BCUT2D eigenvalue weighted by atomic mass is 35.5. The molecule has 1 aromatic carbocycles. The molecule has 1 N–H and O–H groups in total. The lowest BCUT2D eigenvalue weighted by atomic mass is 10.2. The Kier molecular flexibility index (Phi) is 5.15. The average molecular weight is 366 g/mol. The predicted octanol–water partition coefficient (Wildman–Crippen LogP) is 0.476. The van der Waals surface area contributed by atoms with Crippen LogP contribution in [-0.4, -0.2) is 48.0 Å². The fourth-order valence-electron chi connectivity index (χ4n) is 2.70. The minimum Gasteiger partial charge on any atom is -0.454 e. The van der Waals surface area contributed by atoms with Crippen LogP contribution in [-0.2, 0) is 24.9 Å². The van der Waals surface area contributed by atoms with E-state index in [4.69, 9.17) is 21.1 Å². The molecular weight excluding hydrogens is 344 g/mol. The monoisotopic (exact) mass is 365 g/mol. The van der Waals surface area contributed by atoms with Crippen LogP contribution in [0.25, 0.3) is 0 Å². The van der Waals surface area contributed by atoms with Gasteiger partial charge >= 0.3 is 0 Å². The number of benzene rings is 1. The first-order valence-corrected chi connectivity index (χ1v) is 8.43. The number of nitrogens with zero attached hydrogens (tertiary/aromatic N) is 3. The Morgan fingerprint density at radius 2 is 2.08 bits per heavy atom. The third-order valence-corrected chi connectivity index (χ3v) is 4.18. The standard InChI is InChI=1S/C17H21ClN4O3/c1-20(2)10-17(23)22(9-14-13(18)8-21(3)19-14)7-12-4-5-15-16(6-12)25-11-24-15/h4-6,8H,7,9-11H2,1-3H3/p+1. The minimum absolute atomic E-state index is 0.0411. The Morgan fingerprint density at radius 1 is 1.32 bits per heavy atom. The topological polar surface area (TPSA) is 61.0 Å². The maximum atomic E-state index is 12.7. The number of rotatable bonds is 6. The summed E-state index contributed by atoms with van der Waals surface area (Å²) in [4.78, 5) is 15.5. The van der Waals surface area contributed by atoms with Crippen molar-refractivity contribution in [2.45, 2.75) is 13.1 Å². The zero-order chi connectivity index (χ0) is 18.0. The van der Waals surface area contributed by atoms with Crippen LogP contribution in [0.5, 0.6) is 11.5 Å². The van der Waals surface area contributed by atoms with E-state index in [1.54, 1.807) is 15.8 Å². The van der Waals surface area contributed by atoms with Gasteiger partial charge in [0.25, 0.3) is 5.91 Å². The molecule has 0 spiro atoms. The second-order valence-corrected chi connectivity index (χ2v) is 6.83. The van der Waals surface area contributed by atoms with Gasteiger partial charge in [-0.1, -0.05) is 17.7 Å². The van der Waals surface area contributed by atoms with Gasteiger partial charge in [0.1, 0.15) is 5.69 Å². The van der Waals surface area contributed by atoms with Crippen molar-refractivity contribution in [3.05, 3.63) is 40.7 Å². The summed E-state index contributed by atoms with van der Waals surface area (Å²) in [6, 6.07) is 5.72. The summed E-state index contributed by atoms with van der Waals surface area (Å²) in [5.41, 5.74) is 1.66. The number of ether oxygens (including phenoxy) is 2. The van der Waals surface area contributed by atoms with E-state index in [0.717, 1.165) is 16.2 Å². The molecule has 0 saturated carbocycles. The molecule has 3 rings (SSSR count).